The third-order valence-corrected chi connectivity index (χ3v) is 4.12. The van der Waals surface area contributed by atoms with Gasteiger partial charge in [-0.1, -0.05) is 23.2 Å². The molecule has 4 nitrogen and oxygen atoms in total. The first-order chi connectivity index (χ1) is 9.58. The number of halogens is 2. The molecule has 2 rings (SSSR count). The second-order valence-electron chi connectivity index (χ2n) is 4.90. The van der Waals surface area contributed by atoms with Crippen LogP contribution in [0.3, 0.4) is 0 Å². The molecule has 20 heavy (non-hydrogen) atoms. The van der Waals surface area contributed by atoms with Crippen molar-refractivity contribution >= 4 is 34.8 Å². The molecule has 0 saturated carbocycles. The Morgan fingerprint density at radius 2 is 2.20 bits per heavy atom. The summed E-state index contributed by atoms with van der Waals surface area (Å²) in [7, 11) is 0. The average Bonchev–Trinajstić information content (AvgIpc) is 2.44. The number of carbonyl (C=O) groups excluding carboxylic acids is 1. The van der Waals surface area contributed by atoms with Crippen LogP contribution in [0.1, 0.15) is 36.0 Å². The Hall–Kier alpha value is -0.970. The van der Waals surface area contributed by atoms with Crippen molar-refractivity contribution in [2.75, 3.05) is 18.9 Å². The number of nitrogens with one attached hydrogen (secondary N) is 1. The Bertz CT molecular complexity index is 488. The maximum Gasteiger partial charge on any atom is 0.252 e. The SMILES string of the molecule is Nc1cc(Cl)c(Cl)c(C(=O)NCCC2CCCCO2)c1. The van der Waals surface area contributed by atoms with Crippen LogP contribution in [0.5, 0.6) is 0 Å². The lowest BCUT2D eigenvalue weighted by molar-refractivity contribution is 0.0117. The lowest BCUT2D eigenvalue weighted by Crippen LogP contribution is -2.29. The highest BCUT2D eigenvalue weighted by atomic mass is 35.5. The van der Waals surface area contributed by atoms with E-state index in [1.807, 2.05) is 0 Å². The lowest BCUT2D eigenvalue weighted by atomic mass is 10.1. The van der Waals surface area contributed by atoms with Crippen molar-refractivity contribution in [1.29, 1.82) is 0 Å². The maximum atomic E-state index is 12.1. The molecule has 1 atom stereocenters. The molecule has 1 aliphatic rings. The highest BCUT2D eigenvalue weighted by Gasteiger charge is 2.16. The first-order valence-electron chi connectivity index (χ1n) is 6.72. The van der Waals surface area contributed by atoms with E-state index in [-0.39, 0.29) is 22.1 Å². The van der Waals surface area contributed by atoms with Crippen LogP contribution in [0.25, 0.3) is 0 Å². The minimum absolute atomic E-state index is 0.229. The summed E-state index contributed by atoms with van der Waals surface area (Å²) in [6, 6.07) is 3.05. The standard InChI is InChI=1S/C14H18Cl2N2O2/c15-12-8-9(17)7-11(13(12)16)14(19)18-5-4-10-3-1-2-6-20-10/h7-8,10H,1-6,17H2,(H,18,19). The topological polar surface area (TPSA) is 64.4 Å². The van der Waals surface area contributed by atoms with Crippen LogP contribution >= 0.6 is 23.2 Å². The predicted octanol–water partition coefficient (Wildman–Crippen LogP) is 3.26. The lowest BCUT2D eigenvalue weighted by Gasteiger charge is -2.22. The zero-order valence-electron chi connectivity index (χ0n) is 11.1. The Morgan fingerprint density at radius 3 is 2.90 bits per heavy atom. The zero-order chi connectivity index (χ0) is 14.5. The Kier molecular flexibility index (Phi) is 5.52. The first-order valence-corrected chi connectivity index (χ1v) is 7.48. The van der Waals surface area contributed by atoms with Crippen LogP contribution in [0.4, 0.5) is 5.69 Å². The minimum Gasteiger partial charge on any atom is -0.399 e. The van der Waals surface area contributed by atoms with Crippen LogP contribution in [-0.2, 0) is 4.74 Å². The number of amides is 1. The van der Waals surface area contributed by atoms with Gasteiger partial charge in [0.2, 0.25) is 0 Å². The molecule has 1 fully saturated rings. The van der Waals surface area contributed by atoms with E-state index in [0.717, 1.165) is 25.9 Å². The number of carbonyl (C=O) groups is 1. The molecule has 0 radical (unpaired) electrons. The molecule has 0 bridgehead atoms. The first kappa shape index (κ1) is 15.4. The summed E-state index contributed by atoms with van der Waals surface area (Å²) in [5.41, 5.74) is 6.39. The van der Waals surface area contributed by atoms with Gasteiger partial charge in [0.25, 0.3) is 5.91 Å². The summed E-state index contributed by atoms with van der Waals surface area (Å²) >= 11 is 11.9. The summed E-state index contributed by atoms with van der Waals surface area (Å²) < 4.78 is 5.61. The summed E-state index contributed by atoms with van der Waals surface area (Å²) in [5.74, 6) is -0.264. The van der Waals surface area contributed by atoms with Gasteiger partial charge < -0.3 is 15.8 Å². The van der Waals surface area contributed by atoms with Gasteiger partial charge in [0.05, 0.1) is 21.7 Å². The van der Waals surface area contributed by atoms with Crippen molar-refractivity contribution in [3.63, 3.8) is 0 Å². The Morgan fingerprint density at radius 1 is 1.40 bits per heavy atom. The van der Waals surface area contributed by atoms with Crippen molar-refractivity contribution in [2.45, 2.75) is 31.8 Å². The van der Waals surface area contributed by atoms with Gasteiger partial charge >= 0.3 is 0 Å². The monoisotopic (exact) mass is 316 g/mol. The Labute approximate surface area is 128 Å². The number of hydrogen-bond donors (Lipinski definition) is 2. The van der Waals surface area contributed by atoms with Crippen LogP contribution in [0.2, 0.25) is 10.0 Å². The summed E-state index contributed by atoms with van der Waals surface area (Å²) in [6.07, 6.45) is 4.42. The normalized spacial score (nSPS) is 18.8. The van der Waals surface area contributed by atoms with E-state index in [4.69, 9.17) is 33.7 Å². The second-order valence-corrected chi connectivity index (χ2v) is 5.68. The average molecular weight is 317 g/mol. The van der Waals surface area contributed by atoms with Crippen molar-refractivity contribution in [2.24, 2.45) is 0 Å². The van der Waals surface area contributed by atoms with Crippen LogP contribution < -0.4 is 11.1 Å². The predicted molar refractivity (Wildman–Crippen MR) is 81.4 cm³/mol. The van der Waals surface area contributed by atoms with Crippen LogP contribution in [0, 0.1) is 0 Å². The molecule has 1 aromatic rings. The van der Waals surface area contributed by atoms with Gasteiger partial charge in [-0.25, -0.2) is 0 Å². The number of anilines is 1. The smallest absolute Gasteiger partial charge is 0.252 e. The van der Waals surface area contributed by atoms with E-state index in [9.17, 15) is 4.79 Å². The molecular formula is C14H18Cl2N2O2. The number of rotatable bonds is 4. The molecule has 3 N–H and O–H groups in total. The van der Waals surface area contributed by atoms with Gasteiger partial charge in [0.1, 0.15) is 0 Å². The molecule has 1 aromatic carbocycles. The van der Waals surface area contributed by atoms with E-state index in [1.165, 1.54) is 18.6 Å². The number of nitrogens with two attached hydrogens (primary N) is 1. The van der Waals surface area contributed by atoms with Crippen molar-refractivity contribution < 1.29 is 9.53 Å². The zero-order valence-corrected chi connectivity index (χ0v) is 12.6. The number of benzene rings is 1. The van der Waals surface area contributed by atoms with Crippen molar-refractivity contribution in [3.05, 3.63) is 27.7 Å². The molecule has 1 saturated heterocycles. The Balaban J connectivity index is 1.88. The number of nitrogen functional groups attached to an aromatic ring is 1. The van der Waals surface area contributed by atoms with Gasteiger partial charge in [-0.15, -0.1) is 0 Å². The number of hydrogen-bond acceptors (Lipinski definition) is 3. The largest absolute Gasteiger partial charge is 0.399 e. The fraction of sp³-hybridized carbons (Fsp3) is 0.500. The van der Waals surface area contributed by atoms with Crippen LogP contribution in [0.15, 0.2) is 12.1 Å². The molecule has 1 aliphatic heterocycles. The fourth-order valence-corrected chi connectivity index (χ4v) is 2.67. The van der Waals surface area contributed by atoms with Crippen LogP contribution in [-0.4, -0.2) is 25.2 Å². The molecule has 6 heteroatoms. The molecule has 1 amide bonds. The third kappa shape index (κ3) is 4.01. The summed E-state index contributed by atoms with van der Waals surface area (Å²) in [5, 5.41) is 3.34. The van der Waals surface area contributed by atoms with Gasteiger partial charge in [-0.05, 0) is 37.8 Å². The van der Waals surface area contributed by atoms with Gasteiger partial charge in [0, 0.05) is 18.8 Å². The van der Waals surface area contributed by atoms with E-state index in [2.05, 4.69) is 5.32 Å². The number of ether oxygens (including phenoxy) is 1. The highest BCUT2D eigenvalue weighted by Crippen LogP contribution is 2.28. The van der Waals surface area contributed by atoms with Gasteiger partial charge in [-0.2, -0.15) is 0 Å². The third-order valence-electron chi connectivity index (χ3n) is 3.32. The van der Waals surface area contributed by atoms with Crippen molar-refractivity contribution in [1.82, 2.24) is 5.32 Å². The van der Waals surface area contributed by atoms with E-state index >= 15 is 0 Å². The summed E-state index contributed by atoms with van der Waals surface area (Å²) in [6.45, 7) is 1.36. The highest BCUT2D eigenvalue weighted by molar-refractivity contribution is 6.44. The quantitative estimate of drug-likeness (QED) is 0.838. The van der Waals surface area contributed by atoms with Gasteiger partial charge in [0.15, 0.2) is 0 Å². The molecule has 1 heterocycles. The molecular weight excluding hydrogens is 299 g/mol. The second kappa shape index (κ2) is 7.16. The maximum absolute atomic E-state index is 12.1. The minimum atomic E-state index is -0.264. The molecule has 110 valence electrons. The molecule has 0 spiro atoms. The molecule has 0 aromatic heterocycles. The van der Waals surface area contributed by atoms with Gasteiger partial charge in [-0.3, -0.25) is 4.79 Å². The molecule has 1 unspecified atom stereocenters. The van der Waals surface area contributed by atoms with E-state index < -0.39 is 0 Å². The summed E-state index contributed by atoms with van der Waals surface area (Å²) in [4.78, 5) is 12.1. The van der Waals surface area contributed by atoms with Crippen molar-refractivity contribution in [3.8, 4) is 0 Å². The van der Waals surface area contributed by atoms with E-state index in [0.29, 0.717) is 17.8 Å². The fourth-order valence-electron chi connectivity index (χ4n) is 2.25. The van der Waals surface area contributed by atoms with E-state index in [1.54, 1.807) is 0 Å². The molecule has 0 aliphatic carbocycles.